The smallest absolute Gasteiger partial charge is 0.255 e. The van der Waals surface area contributed by atoms with Crippen LogP contribution in [0.25, 0.3) is 10.9 Å². The quantitative estimate of drug-likeness (QED) is 0.366. The summed E-state index contributed by atoms with van der Waals surface area (Å²) < 4.78 is 53.1. The minimum Gasteiger partial charge on any atom is -0.491 e. The lowest BCUT2D eigenvalue weighted by molar-refractivity contribution is 0.147. The van der Waals surface area contributed by atoms with Crippen LogP contribution >= 0.6 is 39.3 Å². The molecule has 2 aromatic rings. The van der Waals surface area contributed by atoms with E-state index in [1.807, 2.05) is 0 Å². The van der Waals surface area contributed by atoms with Gasteiger partial charge in [0, 0.05) is 5.92 Å². The Morgan fingerprint density at radius 3 is 2.81 bits per heavy atom. The average molecular weight is 485 g/mol. The first-order valence-corrected chi connectivity index (χ1v) is 10.5. The Morgan fingerprint density at radius 1 is 1.33 bits per heavy atom. The minimum atomic E-state index is -2.60. The number of aromatic nitrogens is 2. The van der Waals surface area contributed by atoms with E-state index in [2.05, 4.69) is 25.9 Å². The van der Waals surface area contributed by atoms with Crippen LogP contribution in [0.15, 0.2) is 9.63 Å². The maximum atomic E-state index is 14.9. The average Bonchev–Trinajstić information content (AvgIpc) is 3.10. The summed E-state index contributed by atoms with van der Waals surface area (Å²) >= 11 is 10.6. The molecule has 2 aliphatic rings. The molecule has 27 heavy (non-hydrogen) atoms. The number of anilines is 1. The van der Waals surface area contributed by atoms with Crippen LogP contribution in [0.2, 0.25) is 5.02 Å². The van der Waals surface area contributed by atoms with Gasteiger partial charge in [-0.1, -0.05) is 23.4 Å². The van der Waals surface area contributed by atoms with Crippen LogP contribution < -0.4 is 9.64 Å². The molecule has 146 valence electrons. The van der Waals surface area contributed by atoms with Crippen molar-refractivity contribution in [3.8, 4) is 5.75 Å². The van der Waals surface area contributed by atoms with Crippen molar-refractivity contribution in [1.29, 1.82) is 0 Å². The van der Waals surface area contributed by atoms with Crippen molar-refractivity contribution in [2.45, 2.75) is 17.6 Å². The second-order valence-corrected chi connectivity index (χ2v) is 8.19. The second kappa shape index (κ2) is 7.46. The zero-order valence-corrected chi connectivity index (χ0v) is 17.2. The summed E-state index contributed by atoms with van der Waals surface area (Å²) in [7, 11) is 0. The fraction of sp³-hybridized carbons (Fsp3) is 0.500. The van der Waals surface area contributed by atoms with Gasteiger partial charge in [-0.25, -0.2) is 23.1 Å². The second-order valence-electron chi connectivity index (χ2n) is 6.25. The maximum absolute atomic E-state index is 14.9. The van der Waals surface area contributed by atoms with E-state index >= 15 is 0 Å². The molecule has 1 fully saturated rings. The molecule has 1 saturated heterocycles. The summed E-state index contributed by atoms with van der Waals surface area (Å²) in [4.78, 5) is 10.1. The van der Waals surface area contributed by atoms with Crippen LogP contribution in [-0.2, 0) is 4.74 Å². The Bertz CT molecular complexity index is 907. The van der Waals surface area contributed by atoms with E-state index in [4.69, 9.17) is 21.1 Å². The number of thioether (sulfide) groups is 1. The molecule has 5 nitrogen and oxygen atoms in total. The molecule has 0 spiro atoms. The van der Waals surface area contributed by atoms with Crippen molar-refractivity contribution in [3.05, 3.63) is 15.3 Å². The van der Waals surface area contributed by atoms with Gasteiger partial charge >= 0.3 is 0 Å². The van der Waals surface area contributed by atoms with Crippen LogP contribution in [0.4, 0.5) is 19.0 Å². The zero-order valence-electron chi connectivity index (χ0n) is 14.0. The van der Waals surface area contributed by atoms with Gasteiger partial charge in [-0.05, 0) is 22.2 Å². The number of hydrogen-bond acceptors (Lipinski definition) is 6. The third-order valence-electron chi connectivity index (χ3n) is 4.69. The summed E-state index contributed by atoms with van der Waals surface area (Å²) in [5, 5.41) is 0.493. The Hall–Kier alpha value is -0.970. The van der Waals surface area contributed by atoms with E-state index in [0.717, 1.165) is 0 Å². The number of fused-ring (bicyclic) bond motifs is 1. The monoisotopic (exact) mass is 483 g/mol. The lowest BCUT2D eigenvalue weighted by Gasteiger charge is -2.35. The van der Waals surface area contributed by atoms with E-state index < -0.39 is 18.8 Å². The van der Waals surface area contributed by atoms with Gasteiger partial charge in [-0.3, -0.25) is 0 Å². The summed E-state index contributed by atoms with van der Waals surface area (Å²) in [6.45, 7) is 0.298. The van der Waals surface area contributed by atoms with Crippen LogP contribution in [0.5, 0.6) is 5.75 Å². The van der Waals surface area contributed by atoms with Crippen molar-refractivity contribution in [3.63, 3.8) is 0 Å². The van der Waals surface area contributed by atoms with Crippen LogP contribution in [0.3, 0.4) is 0 Å². The Labute approximate surface area is 170 Å². The molecule has 0 N–H and O–H groups in total. The predicted octanol–water partition coefficient (Wildman–Crippen LogP) is 4.39. The van der Waals surface area contributed by atoms with Crippen LogP contribution in [-0.4, -0.2) is 55.1 Å². The largest absolute Gasteiger partial charge is 0.491 e. The number of benzene rings is 1. The van der Waals surface area contributed by atoms with Gasteiger partial charge in [0.15, 0.2) is 16.7 Å². The Balaban J connectivity index is 2.06. The maximum Gasteiger partial charge on any atom is 0.255 e. The van der Waals surface area contributed by atoms with E-state index in [9.17, 15) is 13.2 Å². The molecule has 0 saturated carbocycles. The topological polar surface area (TPSA) is 47.5 Å². The molecule has 0 aliphatic carbocycles. The Morgan fingerprint density at radius 2 is 2.11 bits per heavy atom. The first-order chi connectivity index (χ1) is 12.9. The number of alkyl halides is 2. The van der Waals surface area contributed by atoms with Crippen molar-refractivity contribution in [1.82, 2.24) is 9.97 Å². The van der Waals surface area contributed by atoms with Gasteiger partial charge in [-0.15, -0.1) is 0 Å². The van der Waals surface area contributed by atoms with E-state index in [0.29, 0.717) is 6.61 Å². The van der Waals surface area contributed by atoms with E-state index in [-0.39, 0.29) is 62.3 Å². The number of halogens is 5. The molecule has 3 heterocycles. The molecule has 2 atom stereocenters. The molecular weight excluding hydrogens is 471 g/mol. The van der Waals surface area contributed by atoms with E-state index in [1.165, 1.54) is 16.7 Å². The molecule has 2 unspecified atom stereocenters. The highest BCUT2D eigenvalue weighted by atomic mass is 79.9. The predicted molar refractivity (Wildman–Crippen MR) is 101 cm³/mol. The molecular formula is C16H14BrClF3N3O2S. The molecule has 0 bridgehead atoms. The standard InChI is InChI=1S/C16H14BrClF3N3O2S/c1-27-16-22-13-9-14(11(18)10(17)12(13)21)26-4-6-3-25-5-7(6)24(2-8(19)20)15(9)23-16/h6-8H,2-5H2,1H3. The summed E-state index contributed by atoms with van der Waals surface area (Å²) in [6.07, 6.45) is -0.871. The van der Waals surface area contributed by atoms with Gasteiger partial charge in [-0.2, -0.15) is 0 Å². The fourth-order valence-electron chi connectivity index (χ4n) is 3.45. The molecule has 1 aromatic carbocycles. The fourth-order valence-corrected chi connectivity index (χ4v) is 4.41. The number of nitrogens with zero attached hydrogens (tertiary/aromatic N) is 3. The van der Waals surface area contributed by atoms with Gasteiger partial charge in [0.05, 0.1) is 42.3 Å². The van der Waals surface area contributed by atoms with E-state index in [1.54, 1.807) is 6.26 Å². The molecule has 1 aromatic heterocycles. The normalized spacial score (nSPS) is 22.0. The first-order valence-electron chi connectivity index (χ1n) is 8.09. The minimum absolute atomic E-state index is 0.0172. The number of rotatable bonds is 3. The zero-order chi connectivity index (χ0) is 19.3. The van der Waals surface area contributed by atoms with Gasteiger partial charge in [0.2, 0.25) is 0 Å². The third kappa shape index (κ3) is 3.24. The highest BCUT2D eigenvalue weighted by Crippen LogP contribution is 2.47. The SMILES string of the molecule is CSc1nc2c3c(c(Cl)c(Br)c(F)c3n1)OCC1COCC1N2CC(F)F. The Kier molecular flexibility index (Phi) is 5.34. The van der Waals surface area contributed by atoms with Gasteiger partial charge in [0.1, 0.15) is 16.4 Å². The lowest BCUT2D eigenvalue weighted by atomic mass is 10.0. The number of hydrogen-bond donors (Lipinski definition) is 0. The van der Waals surface area contributed by atoms with Gasteiger partial charge in [0.25, 0.3) is 6.43 Å². The highest BCUT2D eigenvalue weighted by molar-refractivity contribution is 9.10. The molecule has 11 heteroatoms. The summed E-state index contributed by atoms with van der Waals surface area (Å²) in [5.41, 5.74) is -0.0211. The van der Waals surface area contributed by atoms with Crippen molar-refractivity contribution < 1.29 is 22.6 Å². The molecule has 0 amide bonds. The van der Waals surface area contributed by atoms with Crippen molar-refractivity contribution in [2.75, 3.05) is 37.5 Å². The van der Waals surface area contributed by atoms with Crippen molar-refractivity contribution >= 4 is 56.0 Å². The van der Waals surface area contributed by atoms with Crippen molar-refractivity contribution in [2.24, 2.45) is 5.92 Å². The van der Waals surface area contributed by atoms with Crippen LogP contribution in [0.1, 0.15) is 0 Å². The third-order valence-corrected chi connectivity index (χ3v) is 6.57. The van der Waals surface area contributed by atoms with Crippen LogP contribution in [0, 0.1) is 11.7 Å². The molecule has 0 radical (unpaired) electrons. The summed E-state index contributed by atoms with van der Waals surface area (Å²) in [6, 6.07) is -0.356. The molecule has 2 aliphatic heterocycles. The van der Waals surface area contributed by atoms with Gasteiger partial charge < -0.3 is 14.4 Å². The lowest BCUT2D eigenvalue weighted by Crippen LogP contribution is -2.46. The molecule has 4 rings (SSSR count). The first kappa shape index (κ1) is 19.4. The summed E-state index contributed by atoms with van der Waals surface area (Å²) in [5.74, 6) is -0.446. The highest BCUT2D eigenvalue weighted by Gasteiger charge is 2.40. The number of ether oxygens (including phenoxy) is 2.